The van der Waals surface area contributed by atoms with Crippen molar-refractivity contribution in [2.75, 3.05) is 6.54 Å². The Morgan fingerprint density at radius 1 is 1.56 bits per heavy atom. The number of carbonyl (C=O) groups excluding carboxylic acids is 1. The van der Waals surface area contributed by atoms with Gasteiger partial charge in [0.05, 0.1) is 23.2 Å². The second-order valence-electron chi connectivity index (χ2n) is 4.32. The summed E-state index contributed by atoms with van der Waals surface area (Å²) in [5.41, 5.74) is 0.153. The van der Waals surface area contributed by atoms with Gasteiger partial charge in [0.15, 0.2) is 0 Å². The van der Waals surface area contributed by atoms with Crippen molar-refractivity contribution in [2.24, 2.45) is 5.92 Å². The van der Waals surface area contributed by atoms with Gasteiger partial charge >= 0.3 is 0 Å². The van der Waals surface area contributed by atoms with Crippen LogP contribution in [0, 0.1) is 17.2 Å². The minimum absolute atomic E-state index is 0.117. The summed E-state index contributed by atoms with van der Waals surface area (Å²) in [6.07, 6.45) is 1.42. The molecule has 0 aromatic carbocycles. The summed E-state index contributed by atoms with van der Waals surface area (Å²) >= 11 is 5.89. The maximum Gasteiger partial charge on any atom is 0.271 e. The van der Waals surface area contributed by atoms with Crippen LogP contribution in [0.4, 0.5) is 0 Å². The molecule has 0 aliphatic rings. The molecule has 18 heavy (non-hydrogen) atoms. The summed E-state index contributed by atoms with van der Waals surface area (Å²) in [6, 6.07) is 2.04. The van der Waals surface area contributed by atoms with Crippen LogP contribution in [0.2, 0.25) is 5.02 Å². The number of rotatable bonds is 4. The van der Waals surface area contributed by atoms with E-state index in [0.717, 1.165) is 0 Å². The first-order valence-electron chi connectivity index (χ1n) is 5.66. The molecule has 0 radical (unpaired) electrons. The van der Waals surface area contributed by atoms with Crippen molar-refractivity contribution in [3.05, 3.63) is 22.7 Å². The first-order chi connectivity index (χ1) is 8.45. The Kier molecular flexibility index (Phi) is 5.05. The van der Waals surface area contributed by atoms with E-state index in [9.17, 15) is 4.79 Å². The van der Waals surface area contributed by atoms with Gasteiger partial charge in [-0.25, -0.2) is 9.97 Å². The Morgan fingerprint density at radius 2 is 2.22 bits per heavy atom. The first kappa shape index (κ1) is 14.4. The Hall–Kier alpha value is -1.67. The quantitative estimate of drug-likeness (QED) is 0.906. The monoisotopic (exact) mass is 266 g/mol. The molecule has 96 valence electrons. The summed E-state index contributed by atoms with van der Waals surface area (Å²) in [5.74, 6) is 0.0512. The van der Waals surface area contributed by atoms with Crippen LogP contribution in [-0.2, 0) is 0 Å². The highest BCUT2D eigenvalue weighted by atomic mass is 35.5. The number of halogens is 1. The molecule has 0 saturated carbocycles. The van der Waals surface area contributed by atoms with Crippen molar-refractivity contribution < 1.29 is 4.79 Å². The smallest absolute Gasteiger partial charge is 0.271 e. The van der Waals surface area contributed by atoms with Crippen LogP contribution >= 0.6 is 11.6 Å². The highest BCUT2D eigenvalue weighted by Gasteiger charge is 2.15. The lowest BCUT2D eigenvalue weighted by Crippen LogP contribution is -2.29. The molecule has 1 unspecified atom stereocenters. The number of aromatic nitrogens is 2. The second kappa shape index (κ2) is 6.31. The number of carbonyl (C=O) groups is 1. The van der Waals surface area contributed by atoms with Gasteiger partial charge in [-0.3, -0.25) is 4.79 Å². The number of hydrogen-bond donors (Lipinski definition) is 1. The fourth-order valence-corrected chi connectivity index (χ4v) is 1.37. The van der Waals surface area contributed by atoms with Gasteiger partial charge in [0.1, 0.15) is 11.5 Å². The van der Waals surface area contributed by atoms with Gasteiger partial charge in [-0.1, -0.05) is 25.4 Å². The van der Waals surface area contributed by atoms with Gasteiger partial charge in [-0.15, -0.1) is 0 Å². The van der Waals surface area contributed by atoms with Crippen LogP contribution < -0.4 is 5.32 Å². The van der Waals surface area contributed by atoms with Crippen molar-refractivity contribution in [3.8, 4) is 6.07 Å². The van der Waals surface area contributed by atoms with E-state index in [-0.39, 0.29) is 35.0 Å². The molecule has 0 aliphatic carbocycles. The molecule has 0 aliphatic heterocycles. The molecule has 0 spiro atoms. The largest absolute Gasteiger partial charge is 0.349 e. The summed E-state index contributed by atoms with van der Waals surface area (Å²) in [5, 5.41) is 11.5. The van der Waals surface area contributed by atoms with Crippen molar-refractivity contribution in [1.82, 2.24) is 15.3 Å². The summed E-state index contributed by atoms with van der Waals surface area (Å²) in [7, 11) is 0. The zero-order chi connectivity index (χ0) is 13.7. The van der Waals surface area contributed by atoms with Crippen molar-refractivity contribution in [1.29, 1.82) is 5.26 Å². The predicted molar refractivity (Wildman–Crippen MR) is 68.2 cm³/mol. The van der Waals surface area contributed by atoms with Crippen LogP contribution in [0.1, 0.15) is 43.0 Å². The molecule has 0 fully saturated rings. The second-order valence-corrected chi connectivity index (χ2v) is 4.73. The minimum Gasteiger partial charge on any atom is -0.349 e. The molecule has 1 atom stereocenters. The molecule has 1 heterocycles. The van der Waals surface area contributed by atoms with Crippen LogP contribution in [0.5, 0.6) is 0 Å². The molecule has 1 rings (SSSR count). The minimum atomic E-state index is -0.383. The van der Waals surface area contributed by atoms with Crippen molar-refractivity contribution in [3.63, 3.8) is 0 Å². The number of amides is 1. The van der Waals surface area contributed by atoms with Gasteiger partial charge in [0, 0.05) is 12.5 Å². The fraction of sp³-hybridized carbons (Fsp3) is 0.500. The lowest BCUT2D eigenvalue weighted by molar-refractivity contribution is 0.0945. The highest BCUT2D eigenvalue weighted by molar-refractivity contribution is 6.33. The van der Waals surface area contributed by atoms with Gasteiger partial charge in [0.25, 0.3) is 5.91 Å². The lowest BCUT2D eigenvalue weighted by atomic mass is 10.2. The van der Waals surface area contributed by atoms with Gasteiger partial charge < -0.3 is 5.32 Å². The lowest BCUT2D eigenvalue weighted by Gasteiger charge is -2.09. The van der Waals surface area contributed by atoms with Gasteiger partial charge in [0.2, 0.25) is 0 Å². The van der Waals surface area contributed by atoms with Crippen molar-refractivity contribution in [2.45, 2.75) is 26.7 Å². The van der Waals surface area contributed by atoms with Gasteiger partial charge in [-0.05, 0) is 6.92 Å². The number of nitriles is 1. The van der Waals surface area contributed by atoms with E-state index in [4.69, 9.17) is 16.9 Å². The molecule has 1 N–H and O–H groups in total. The molecule has 1 amide bonds. The maximum absolute atomic E-state index is 11.9. The molecule has 5 nitrogen and oxygen atoms in total. The Balaban J connectivity index is 2.85. The third kappa shape index (κ3) is 3.67. The zero-order valence-electron chi connectivity index (χ0n) is 10.6. The Morgan fingerprint density at radius 3 is 2.78 bits per heavy atom. The molecule has 0 saturated heterocycles. The van der Waals surface area contributed by atoms with Crippen LogP contribution in [0.3, 0.4) is 0 Å². The van der Waals surface area contributed by atoms with E-state index in [1.54, 1.807) is 6.92 Å². The SMILES string of the molecule is CC(C#N)CNC(=O)c1nc(C(C)C)ncc1Cl. The molecular formula is C12H15ClN4O. The summed E-state index contributed by atoms with van der Waals surface area (Å²) < 4.78 is 0. The van der Waals surface area contributed by atoms with Crippen LogP contribution in [0.15, 0.2) is 6.20 Å². The van der Waals surface area contributed by atoms with Crippen LogP contribution in [-0.4, -0.2) is 22.4 Å². The average Bonchev–Trinajstić information content (AvgIpc) is 2.35. The molecule has 1 aromatic heterocycles. The molecular weight excluding hydrogens is 252 g/mol. The predicted octanol–water partition coefficient (Wildman–Crippen LogP) is 2.14. The number of nitrogens with zero attached hydrogens (tertiary/aromatic N) is 3. The third-order valence-corrected chi connectivity index (χ3v) is 2.56. The number of nitrogens with one attached hydrogen (secondary N) is 1. The maximum atomic E-state index is 11.9. The van der Waals surface area contributed by atoms with E-state index in [0.29, 0.717) is 5.82 Å². The Bertz CT molecular complexity index is 481. The first-order valence-corrected chi connectivity index (χ1v) is 6.03. The third-order valence-electron chi connectivity index (χ3n) is 2.28. The van der Waals surface area contributed by atoms with E-state index in [1.165, 1.54) is 6.20 Å². The molecule has 0 bridgehead atoms. The molecule has 1 aromatic rings. The zero-order valence-corrected chi connectivity index (χ0v) is 11.3. The van der Waals surface area contributed by atoms with Crippen molar-refractivity contribution >= 4 is 17.5 Å². The average molecular weight is 267 g/mol. The topological polar surface area (TPSA) is 78.7 Å². The fourth-order valence-electron chi connectivity index (χ4n) is 1.19. The number of hydrogen-bond acceptors (Lipinski definition) is 4. The van der Waals surface area contributed by atoms with E-state index in [2.05, 4.69) is 15.3 Å². The van der Waals surface area contributed by atoms with E-state index >= 15 is 0 Å². The standard InChI is InChI=1S/C12H15ClN4O/c1-7(2)11-15-6-9(13)10(17-11)12(18)16-5-8(3)4-14/h6-8H,5H2,1-3H3,(H,16,18). The van der Waals surface area contributed by atoms with Crippen LogP contribution in [0.25, 0.3) is 0 Å². The summed E-state index contributed by atoms with van der Waals surface area (Å²) in [4.78, 5) is 20.1. The highest BCUT2D eigenvalue weighted by Crippen LogP contribution is 2.16. The van der Waals surface area contributed by atoms with E-state index in [1.807, 2.05) is 19.9 Å². The normalized spacial score (nSPS) is 12.0. The molecule has 6 heteroatoms. The summed E-state index contributed by atoms with van der Waals surface area (Å²) in [6.45, 7) is 5.86. The van der Waals surface area contributed by atoms with Gasteiger partial charge in [-0.2, -0.15) is 5.26 Å². The Labute approximate surface area is 111 Å². The van der Waals surface area contributed by atoms with E-state index < -0.39 is 0 Å².